The third kappa shape index (κ3) is 6.74. The summed E-state index contributed by atoms with van der Waals surface area (Å²) in [6.45, 7) is 6.23. The van der Waals surface area contributed by atoms with Crippen LogP contribution >= 0.6 is 0 Å². The zero-order valence-electron chi connectivity index (χ0n) is 19.0. The molecule has 0 aromatic heterocycles. The van der Waals surface area contributed by atoms with Crippen molar-refractivity contribution in [3.05, 3.63) is 77.9 Å². The normalized spacial score (nSPS) is 10.3. The van der Waals surface area contributed by atoms with Crippen molar-refractivity contribution in [3.63, 3.8) is 0 Å². The van der Waals surface area contributed by atoms with Crippen LogP contribution in [0.15, 0.2) is 66.7 Å². The van der Waals surface area contributed by atoms with Gasteiger partial charge in [0, 0.05) is 17.7 Å². The second-order valence-corrected chi connectivity index (χ2v) is 7.18. The average molecular weight is 449 g/mol. The number of hydrogen-bond donors (Lipinski definition) is 2. The molecule has 0 spiro atoms. The molecule has 33 heavy (non-hydrogen) atoms. The highest BCUT2D eigenvalue weighted by molar-refractivity contribution is 6.05. The Bertz CT molecular complexity index is 1100. The first kappa shape index (κ1) is 23.7. The molecule has 0 fully saturated rings. The molecule has 2 N–H and O–H groups in total. The molecule has 172 valence electrons. The highest BCUT2D eigenvalue weighted by Crippen LogP contribution is 2.37. The third-order valence-corrected chi connectivity index (χ3v) is 4.60. The topological polar surface area (TPSA) is 85.9 Å². The zero-order valence-corrected chi connectivity index (χ0v) is 19.0. The number of nitrogens with one attached hydrogen (secondary N) is 2. The molecule has 3 aromatic rings. The van der Waals surface area contributed by atoms with Crippen LogP contribution in [0, 0.1) is 6.92 Å². The van der Waals surface area contributed by atoms with Crippen LogP contribution in [0.2, 0.25) is 0 Å². The van der Waals surface area contributed by atoms with Gasteiger partial charge in [0.15, 0.2) is 6.61 Å². The number of anilines is 2. The lowest BCUT2D eigenvalue weighted by atomic mass is 10.2. The van der Waals surface area contributed by atoms with Crippen molar-refractivity contribution in [1.29, 1.82) is 0 Å². The smallest absolute Gasteiger partial charge is 0.262 e. The lowest BCUT2D eigenvalue weighted by Crippen LogP contribution is -2.21. The van der Waals surface area contributed by atoms with E-state index >= 15 is 0 Å². The Kier molecular flexibility index (Phi) is 8.30. The first-order chi connectivity index (χ1) is 16.0. The predicted molar refractivity (Wildman–Crippen MR) is 128 cm³/mol. The predicted octanol–water partition coefficient (Wildman–Crippen LogP) is 5.06. The van der Waals surface area contributed by atoms with Crippen molar-refractivity contribution in [2.75, 3.05) is 30.5 Å². The summed E-state index contributed by atoms with van der Waals surface area (Å²) < 4.78 is 17.0. The number of carbonyl (C=O) groups is 2. The Hall–Kier alpha value is -4.00. The maximum atomic E-state index is 12.7. The number of rotatable bonds is 10. The number of carbonyl (C=O) groups excluding carboxylic acids is 2. The van der Waals surface area contributed by atoms with Gasteiger partial charge in [0.2, 0.25) is 0 Å². The van der Waals surface area contributed by atoms with E-state index < -0.39 is 0 Å². The number of amides is 2. The minimum absolute atomic E-state index is 0.161. The number of aryl methyl sites for hydroxylation is 1. The first-order valence-corrected chi connectivity index (χ1v) is 10.8. The minimum atomic E-state index is -0.346. The third-order valence-electron chi connectivity index (χ3n) is 4.60. The van der Waals surface area contributed by atoms with E-state index in [1.807, 2.05) is 45.0 Å². The quantitative estimate of drug-likeness (QED) is 0.453. The lowest BCUT2D eigenvalue weighted by Gasteiger charge is -2.18. The van der Waals surface area contributed by atoms with E-state index in [9.17, 15) is 9.59 Å². The molecule has 0 radical (unpaired) electrons. The first-order valence-electron chi connectivity index (χ1n) is 10.8. The molecule has 0 saturated carbocycles. The van der Waals surface area contributed by atoms with Gasteiger partial charge in [-0.2, -0.15) is 0 Å². The highest BCUT2D eigenvalue weighted by atomic mass is 16.5. The molecule has 0 aliphatic carbocycles. The Morgan fingerprint density at radius 3 is 2.00 bits per heavy atom. The van der Waals surface area contributed by atoms with Gasteiger partial charge in [-0.25, -0.2) is 0 Å². The molecule has 0 atom stereocenters. The fraction of sp³-hybridized carbons (Fsp3) is 0.231. The molecule has 0 saturated heterocycles. The molecule has 0 unspecified atom stereocenters. The largest absolute Gasteiger partial charge is 0.492 e. The summed E-state index contributed by atoms with van der Waals surface area (Å²) >= 11 is 0. The zero-order chi connectivity index (χ0) is 23.6. The van der Waals surface area contributed by atoms with Crippen LogP contribution in [-0.4, -0.2) is 31.6 Å². The van der Waals surface area contributed by atoms with E-state index in [-0.39, 0.29) is 18.4 Å². The summed E-state index contributed by atoms with van der Waals surface area (Å²) in [6, 6.07) is 19.6. The van der Waals surface area contributed by atoms with Crippen LogP contribution in [0.1, 0.15) is 29.8 Å². The van der Waals surface area contributed by atoms with E-state index in [1.165, 1.54) is 0 Å². The molecule has 7 heteroatoms. The van der Waals surface area contributed by atoms with Crippen LogP contribution in [-0.2, 0) is 4.79 Å². The van der Waals surface area contributed by atoms with Gasteiger partial charge in [-0.05, 0) is 50.6 Å². The molecule has 0 bridgehead atoms. The van der Waals surface area contributed by atoms with E-state index in [4.69, 9.17) is 14.2 Å². The minimum Gasteiger partial charge on any atom is -0.492 e. The summed E-state index contributed by atoms with van der Waals surface area (Å²) in [5, 5.41) is 5.67. The summed E-state index contributed by atoms with van der Waals surface area (Å²) in [7, 11) is 0. The van der Waals surface area contributed by atoms with Crippen molar-refractivity contribution < 1.29 is 23.8 Å². The molecular formula is C26H28N2O5. The van der Waals surface area contributed by atoms with Crippen LogP contribution in [0.25, 0.3) is 0 Å². The molecule has 2 amide bonds. The molecule has 3 aromatic carbocycles. The average Bonchev–Trinajstić information content (AvgIpc) is 2.81. The Balaban J connectivity index is 1.79. The van der Waals surface area contributed by atoms with Crippen molar-refractivity contribution >= 4 is 23.2 Å². The van der Waals surface area contributed by atoms with Gasteiger partial charge in [-0.3, -0.25) is 9.59 Å². The summed E-state index contributed by atoms with van der Waals surface area (Å²) in [4.78, 5) is 25.2. The Labute approximate surface area is 193 Å². The fourth-order valence-corrected chi connectivity index (χ4v) is 3.13. The standard InChI is InChI=1S/C26H28N2O5/c1-4-31-23-16-22(28-26(30)19-11-7-6-8-12-19)24(32-5-2)15-21(23)27-25(29)17-33-20-13-9-10-18(3)14-20/h6-16H,4-5,17H2,1-3H3,(H,27,29)(H,28,30). The van der Waals surface area contributed by atoms with Gasteiger partial charge in [0.05, 0.1) is 24.6 Å². The molecule has 0 aliphatic heterocycles. The number of hydrogen-bond acceptors (Lipinski definition) is 5. The molecule has 0 heterocycles. The SMILES string of the molecule is CCOc1cc(NC(=O)c2ccccc2)c(OCC)cc1NC(=O)COc1cccc(C)c1. The summed E-state index contributed by atoms with van der Waals surface area (Å²) in [5.74, 6) is 0.820. The van der Waals surface area contributed by atoms with Crippen LogP contribution in [0.3, 0.4) is 0 Å². The van der Waals surface area contributed by atoms with Crippen LogP contribution < -0.4 is 24.8 Å². The van der Waals surface area contributed by atoms with Crippen molar-refractivity contribution in [1.82, 2.24) is 0 Å². The van der Waals surface area contributed by atoms with E-state index in [0.717, 1.165) is 5.56 Å². The second-order valence-electron chi connectivity index (χ2n) is 7.18. The maximum Gasteiger partial charge on any atom is 0.262 e. The van der Waals surface area contributed by atoms with E-state index in [2.05, 4.69) is 10.6 Å². The fourth-order valence-electron chi connectivity index (χ4n) is 3.13. The number of benzene rings is 3. The van der Waals surface area contributed by atoms with Gasteiger partial charge in [-0.15, -0.1) is 0 Å². The van der Waals surface area contributed by atoms with Gasteiger partial charge < -0.3 is 24.8 Å². The van der Waals surface area contributed by atoms with Crippen molar-refractivity contribution in [2.24, 2.45) is 0 Å². The van der Waals surface area contributed by atoms with Gasteiger partial charge >= 0.3 is 0 Å². The number of ether oxygens (including phenoxy) is 3. The maximum absolute atomic E-state index is 12.7. The lowest BCUT2D eigenvalue weighted by molar-refractivity contribution is -0.118. The van der Waals surface area contributed by atoms with Crippen molar-refractivity contribution in [3.8, 4) is 17.2 Å². The second kappa shape index (κ2) is 11.6. The molecular weight excluding hydrogens is 420 g/mol. The molecule has 0 aliphatic rings. The molecule has 7 nitrogen and oxygen atoms in total. The summed E-state index contributed by atoms with van der Waals surface area (Å²) in [6.07, 6.45) is 0. The van der Waals surface area contributed by atoms with Gasteiger partial charge in [0.25, 0.3) is 11.8 Å². The Morgan fingerprint density at radius 2 is 1.39 bits per heavy atom. The Morgan fingerprint density at radius 1 is 0.758 bits per heavy atom. The highest BCUT2D eigenvalue weighted by Gasteiger charge is 2.17. The monoisotopic (exact) mass is 448 g/mol. The van der Waals surface area contributed by atoms with Gasteiger partial charge in [-0.1, -0.05) is 30.3 Å². The van der Waals surface area contributed by atoms with Gasteiger partial charge in [0.1, 0.15) is 17.2 Å². The summed E-state index contributed by atoms with van der Waals surface area (Å²) in [5.41, 5.74) is 2.43. The van der Waals surface area contributed by atoms with E-state index in [1.54, 1.807) is 42.5 Å². The van der Waals surface area contributed by atoms with E-state index in [0.29, 0.717) is 47.4 Å². The van der Waals surface area contributed by atoms with Crippen LogP contribution in [0.5, 0.6) is 17.2 Å². The molecule has 3 rings (SSSR count). The van der Waals surface area contributed by atoms with Crippen molar-refractivity contribution in [2.45, 2.75) is 20.8 Å². The van der Waals surface area contributed by atoms with Crippen LogP contribution in [0.4, 0.5) is 11.4 Å².